The molecule has 0 heterocycles. The molecule has 3 nitrogen and oxygen atoms in total. The number of rotatable bonds is 3. The Kier molecular flexibility index (Phi) is 3.88. The Bertz CT molecular complexity index is 443. The molecule has 3 atom stereocenters. The van der Waals surface area contributed by atoms with Gasteiger partial charge in [-0.25, -0.2) is 0 Å². The molecule has 0 bridgehead atoms. The van der Waals surface area contributed by atoms with Gasteiger partial charge in [-0.1, -0.05) is 19.3 Å². The van der Waals surface area contributed by atoms with Gasteiger partial charge in [0.2, 0.25) is 0 Å². The van der Waals surface area contributed by atoms with E-state index in [9.17, 15) is 5.11 Å². The molecule has 3 heteroatoms. The van der Waals surface area contributed by atoms with Crippen LogP contribution in [-0.4, -0.2) is 23.9 Å². The van der Waals surface area contributed by atoms with Crippen LogP contribution < -0.4 is 10.1 Å². The van der Waals surface area contributed by atoms with E-state index in [-0.39, 0.29) is 6.04 Å². The van der Waals surface area contributed by atoms with E-state index < -0.39 is 5.60 Å². The molecule has 0 unspecified atom stereocenters. The summed E-state index contributed by atoms with van der Waals surface area (Å²) in [5.74, 6) is 1.36. The third-order valence-corrected chi connectivity index (χ3v) is 5.17. The van der Waals surface area contributed by atoms with Crippen molar-refractivity contribution >= 4 is 5.69 Å². The maximum atomic E-state index is 11.1. The Labute approximate surface area is 121 Å². The second-order valence-corrected chi connectivity index (χ2v) is 6.29. The molecular weight excluding hydrogens is 250 g/mol. The number of ether oxygens (including phenoxy) is 1. The van der Waals surface area contributed by atoms with Crippen LogP contribution in [0.4, 0.5) is 5.69 Å². The van der Waals surface area contributed by atoms with Crippen molar-refractivity contribution in [2.45, 2.75) is 56.6 Å². The molecule has 1 aromatic carbocycles. The molecule has 2 N–H and O–H groups in total. The Balaban J connectivity index is 1.74. The number of anilines is 1. The van der Waals surface area contributed by atoms with Gasteiger partial charge in [0.05, 0.1) is 18.8 Å². The van der Waals surface area contributed by atoms with Gasteiger partial charge in [-0.05, 0) is 55.9 Å². The van der Waals surface area contributed by atoms with E-state index in [1.165, 1.54) is 25.7 Å². The minimum absolute atomic E-state index is 0.190. The van der Waals surface area contributed by atoms with Gasteiger partial charge in [-0.2, -0.15) is 0 Å². The minimum atomic E-state index is -0.504. The fraction of sp³-hybridized carbons (Fsp3) is 0.647. The molecule has 2 saturated carbocycles. The predicted octanol–water partition coefficient (Wildman–Crippen LogP) is 3.58. The fourth-order valence-electron chi connectivity index (χ4n) is 4.01. The quantitative estimate of drug-likeness (QED) is 0.886. The second-order valence-electron chi connectivity index (χ2n) is 6.29. The highest BCUT2D eigenvalue weighted by Crippen LogP contribution is 2.44. The summed E-state index contributed by atoms with van der Waals surface area (Å²) in [6, 6.07) is 8.19. The number of hydrogen-bond donors (Lipinski definition) is 2. The van der Waals surface area contributed by atoms with Gasteiger partial charge in [-0.3, -0.25) is 0 Å². The molecule has 2 aliphatic rings. The maximum absolute atomic E-state index is 11.1. The molecule has 2 fully saturated rings. The topological polar surface area (TPSA) is 41.5 Å². The zero-order valence-corrected chi connectivity index (χ0v) is 12.3. The van der Waals surface area contributed by atoms with Crippen molar-refractivity contribution in [1.29, 1.82) is 0 Å². The summed E-state index contributed by atoms with van der Waals surface area (Å²) in [5.41, 5.74) is 0.576. The van der Waals surface area contributed by atoms with Gasteiger partial charge in [-0.15, -0.1) is 0 Å². The lowest BCUT2D eigenvalue weighted by molar-refractivity contribution is -0.0835. The minimum Gasteiger partial charge on any atom is -0.497 e. The largest absolute Gasteiger partial charge is 0.497 e. The summed E-state index contributed by atoms with van der Waals surface area (Å²) < 4.78 is 5.19. The van der Waals surface area contributed by atoms with Crippen LogP contribution in [0.25, 0.3) is 0 Å². The molecule has 20 heavy (non-hydrogen) atoms. The summed E-state index contributed by atoms with van der Waals surface area (Å²) in [6.45, 7) is 0. The fourth-order valence-corrected chi connectivity index (χ4v) is 4.01. The Morgan fingerprint density at radius 2 is 1.85 bits per heavy atom. The number of aliphatic hydroxyl groups is 1. The van der Waals surface area contributed by atoms with Gasteiger partial charge in [0.1, 0.15) is 5.75 Å². The first-order valence-corrected chi connectivity index (χ1v) is 7.85. The van der Waals surface area contributed by atoms with Crippen molar-refractivity contribution in [3.63, 3.8) is 0 Å². The number of methoxy groups -OCH3 is 1. The third kappa shape index (κ3) is 2.51. The normalized spacial score (nSPS) is 33.3. The molecule has 0 saturated heterocycles. The van der Waals surface area contributed by atoms with E-state index >= 15 is 0 Å². The molecule has 110 valence electrons. The van der Waals surface area contributed by atoms with Gasteiger partial charge in [0.15, 0.2) is 0 Å². The van der Waals surface area contributed by atoms with Crippen LogP contribution in [0.3, 0.4) is 0 Å². The van der Waals surface area contributed by atoms with Crippen molar-refractivity contribution in [3.8, 4) is 5.75 Å². The molecule has 1 aromatic rings. The summed E-state index contributed by atoms with van der Waals surface area (Å²) in [7, 11) is 1.68. The van der Waals surface area contributed by atoms with Crippen LogP contribution in [-0.2, 0) is 0 Å². The van der Waals surface area contributed by atoms with Crippen molar-refractivity contribution < 1.29 is 9.84 Å². The van der Waals surface area contributed by atoms with Gasteiger partial charge >= 0.3 is 0 Å². The molecule has 2 aliphatic carbocycles. The summed E-state index contributed by atoms with van der Waals surface area (Å²) in [4.78, 5) is 0. The van der Waals surface area contributed by atoms with Crippen LogP contribution in [0.5, 0.6) is 5.75 Å². The summed E-state index contributed by atoms with van der Waals surface area (Å²) in [6.07, 6.45) is 8.07. The molecular formula is C17H25NO2. The first-order chi connectivity index (χ1) is 9.72. The van der Waals surface area contributed by atoms with Gasteiger partial charge < -0.3 is 15.2 Å². The van der Waals surface area contributed by atoms with Crippen molar-refractivity contribution in [1.82, 2.24) is 0 Å². The van der Waals surface area contributed by atoms with E-state index in [4.69, 9.17) is 4.74 Å². The van der Waals surface area contributed by atoms with E-state index in [0.717, 1.165) is 30.7 Å². The highest BCUT2D eigenvalue weighted by molar-refractivity contribution is 5.47. The van der Waals surface area contributed by atoms with Crippen molar-refractivity contribution in [2.75, 3.05) is 12.4 Å². The Morgan fingerprint density at radius 3 is 2.60 bits per heavy atom. The number of nitrogens with one attached hydrogen (secondary N) is 1. The lowest BCUT2D eigenvalue weighted by Gasteiger charge is -2.49. The highest BCUT2D eigenvalue weighted by Gasteiger charge is 2.47. The number of benzene rings is 1. The zero-order chi connectivity index (χ0) is 14.0. The maximum Gasteiger partial charge on any atom is 0.119 e. The predicted molar refractivity (Wildman–Crippen MR) is 81.2 cm³/mol. The molecule has 0 radical (unpaired) electrons. The molecule has 0 aliphatic heterocycles. The van der Waals surface area contributed by atoms with E-state index in [2.05, 4.69) is 5.32 Å². The van der Waals surface area contributed by atoms with Crippen molar-refractivity contribution in [2.24, 2.45) is 5.92 Å². The molecule has 0 amide bonds. The summed E-state index contributed by atoms with van der Waals surface area (Å²) in [5, 5.41) is 14.7. The number of hydrogen-bond acceptors (Lipinski definition) is 3. The first-order valence-electron chi connectivity index (χ1n) is 7.85. The van der Waals surface area contributed by atoms with Crippen LogP contribution >= 0.6 is 0 Å². The molecule has 0 aromatic heterocycles. The van der Waals surface area contributed by atoms with Crippen LogP contribution in [0.1, 0.15) is 44.9 Å². The Morgan fingerprint density at radius 1 is 1.10 bits per heavy atom. The second kappa shape index (κ2) is 5.65. The van der Waals surface area contributed by atoms with Gasteiger partial charge in [0, 0.05) is 5.69 Å². The van der Waals surface area contributed by atoms with Crippen LogP contribution in [0.2, 0.25) is 0 Å². The van der Waals surface area contributed by atoms with E-state index in [1.807, 2.05) is 24.3 Å². The van der Waals surface area contributed by atoms with Gasteiger partial charge in [0.25, 0.3) is 0 Å². The van der Waals surface area contributed by atoms with E-state index in [1.54, 1.807) is 7.11 Å². The Hall–Kier alpha value is -1.22. The SMILES string of the molecule is COc1ccc(N[C@@H]2CCC[C@H]3CCCC[C@@]32O)cc1. The number of fused-ring (bicyclic) bond motifs is 1. The van der Waals surface area contributed by atoms with Crippen LogP contribution in [0, 0.1) is 5.92 Å². The standard InChI is InChI=1S/C17H25NO2/c1-20-15-10-8-14(9-11-15)18-16-7-4-6-13-5-2-3-12-17(13,16)19/h8-11,13,16,18-19H,2-7,12H2,1H3/t13-,16-,17-/m1/s1. The van der Waals surface area contributed by atoms with Crippen molar-refractivity contribution in [3.05, 3.63) is 24.3 Å². The average Bonchev–Trinajstić information content (AvgIpc) is 2.49. The smallest absolute Gasteiger partial charge is 0.119 e. The molecule has 3 rings (SSSR count). The average molecular weight is 275 g/mol. The highest BCUT2D eigenvalue weighted by atomic mass is 16.5. The lowest BCUT2D eigenvalue weighted by Crippen LogP contribution is -2.56. The van der Waals surface area contributed by atoms with Crippen LogP contribution in [0.15, 0.2) is 24.3 Å². The van der Waals surface area contributed by atoms with E-state index in [0.29, 0.717) is 5.92 Å². The monoisotopic (exact) mass is 275 g/mol. The zero-order valence-electron chi connectivity index (χ0n) is 12.3. The lowest BCUT2D eigenvalue weighted by atomic mass is 9.65. The summed E-state index contributed by atoms with van der Waals surface area (Å²) >= 11 is 0. The third-order valence-electron chi connectivity index (χ3n) is 5.17. The first kappa shape index (κ1) is 13.7. The molecule has 0 spiro atoms.